The third-order valence-corrected chi connectivity index (χ3v) is 6.04. The second kappa shape index (κ2) is 10.9. The molecular formula is C28H24Cl2N4O2. The molecule has 0 aliphatic rings. The zero-order chi connectivity index (χ0) is 25.8. The number of fused-ring (bicyclic) bond motifs is 1. The molecule has 4 aromatic rings. The van der Waals surface area contributed by atoms with E-state index in [4.69, 9.17) is 28.2 Å². The van der Waals surface area contributed by atoms with Gasteiger partial charge in [-0.05, 0) is 61.0 Å². The molecule has 0 saturated heterocycles. The summed E-state index contributed by atoms with van der Waals surface area (Å²) in [6.07, 6.45) is 0. The van der Waals surface area contributed by atoms with Crippen LogP contribution in [0.2, 0.25) is 10.0 Å². The Hall–Kier alpha value is -3.74. The van der Waals surface area contributed by atoms with Gasteiger partial charge in [0.25, 0.3) is 5.91 Å². The second-order valence-electron chi connectivity index (χ2n) is 8.59. The summed E-state index contributed by atoms with van der Waals surface area (Å²) in [5, 5.41) is 8.90. The number of carbonyl (C=O) groups excluding carboxylic acids is 2. The van der Waals surface area contributed by atoms with Crippen LogP contribution in [0.3, 0.4) is 0 Å². The highest BCUT2D eigenvalue weighted by Gasteiger charge is 2.15. The summed E-state index contributed by atoms with van der Waals surface area (Å²) in [5.41, 5.74) is 7.12. The molecule has 6 nitrogen and oxygen atoms in total. The molecule has 0 atom stereocenters. The monoisotopic (exact) mass is 518 g/mol. The fraction of sp³-hybridized carbons (Fsp3) is 0.143. The van der Waals surface area contributed by atoms with E-state index < -0.39 is 5.91 Å². The maximum Gasteiger partial charge on any atom is 0.272 e. The zero-order valence-electron chi connectivity index (χ0n) is 20.0. The topological polar surface area (TPSA) is 83.4 Å². The summed E-state index contributed by atoms with van der Waals surface area (Å²) in [4.78, 5) is 30.0. The summed E-state index contributed by atoms with van der Waals surface area (Å²) < 4.78 is 0. The van der Waals surface area contributed by atoms with Gasteiger partial charge in [0, 0.05) is 32.6 Å². The molecule has 36 heavy (non-hydrogen) atoms. The molecule has 182 valence electrons. The Labute approximate surface area is 219 Å². The van der Waals surface area contributed by atoms with Gasteiger partial charge >= 0.3 is 0 Å². The summed E-state index contributed by atoms with van der Waals surface area (Å²) in [7, 11) is 0. The number of nitrogens with one attached hydrogen (secondary N) is 2. The van der Waals surface area contributed by atoms with Crippen molar-refractivity contribution in [3.05, 3.63) is 94.0 Å². The lowest BCUT2D eigenvalue weighted by Gasteiger charge is -2.11. The largest absolute Gasteiger partial charge is 0.326 e. The smallest absolute Gasteiger partial charge is 0.272 e. The van der Waals surface area contributed by atoms with Crippen molar-refractivity contribution in [3.8, 4) is 11.3 Å². The van der Waals surface area contributed by atoms with Crippen molar-refractivity contribution < 1.29 is 9.59 Å². The van der Waals surface area contributed by atoms with E-state index in [2.05, 4.69) is 15.8 Å². The van der Waals surface area contributed by atoms with Crippen molar-refractivity contribution in [1.82, 2.24) is 10.4 Å². The van der Waals surface area contributed by atoms with Gasteiger partial charge in [0.05, 0.1) is 22.5 Å². The van der Waals surface area contributed by atoms with Gasteiger partial charge in [-0.3, -0.25) is 9.59 Å². The lowest BCUT2D eigenvalue weighted by Crippen LogP contribution is -2.20. The molecule has 2 amide bonds. The van der Waals surface area contributed by atoms with Crippen LogP contribution in [-0.2, 0) is 4.79 Å². The minimum absolute atomic E-state index is 0.0743. The number of pyridine rings is 1. The molecule has 8 heteroatoms. The first-order chi connectivity index (χ1) is 17.2. The number of halogens is 2. The van der Waals surface area contributed by atoms with Crippen LogP contribution >= 0.6 is 23.2 Å². The number of anilines is 1. The molecule has 0 fully saturated rings. The van der Waals surface area contributed by atoms with Crippen molar-refractivity contribution in [2.45, 2.75) is 20.8 Å². The van der Waals surface area contributed by atoms with Crippen LogP contribution in [0.4, 0.5) is 5.69 Å². The van der Waals surface area contributed by atoms with Gasteiger partial charge in [0.15, 0.2) is 0 Å². The molecule has 1 aromatic heterocycles. The number of rotatable bonds is 6. The molecule has 2 N–H and O–H groups in total. The molecule has 1 heterocycles. The number of amides is 2. The number of hydrogen-bond donors (Lipinski definition) is 2. The van der Waals surface area contributed by atoms with Gasteiger partial charge in [0.2, 0.25) is 5.91 Å². The van der Waals surface area contributed by atoms with Gasteiger partial charge < -0.3 is 5.32 Å². The lowest BCUT2D eigenvalue weighted by molar-refractivity contribution is -0.118. The first-order valence-electron chi connectivity index (χ1n) is 11.3. The first kappa shape index (κ1) is 25.4. The Bertz CT molecular complexity index is 1480. The van der Waals surface area contributed by atoms with Gasteiger partial charge in [-0.25, -0.2) is 10.4 Å². The normalized spacial score (nSPS) is 11.6. The lowest BCUT2D eigenvalue weighted by atomic mass is 10.0. The molecular weight excluding hydrogens is 495 g/mol. The number of hydrogen-bond acceptors (Lipinski definition) is 4. The van der Waals surface area contributed by atoms with Crippen molar-refractivity contribution in [2.24, 2.45) is 11.0 Å². The number of aromatic nitrogens is 1. The fourth-order valence-corrected chi connectivity index (χ4v) is 3.82. The summed E-state index contributed by atoms with van der Waals surface area (Å²) in [6, 6.07) is 21.5. The third kappa shape index (κ3) is 5.90. The minimum Gasteiger partial charge on any atom is -0.326 e. The molecule has 0 spiro atoms. The van der Waals surface area contributed by atoms with Crippen LogP contribution in [0.25, 0.3) is 22.2 Å². The molecule has 0 aliphatic heterocycles. The number of nitrogens with zero attached hydrogens (tertiary/aromatic N) is 2. The summed E-state index contributed by atoms with van der Waals surface area (Å²) >= 11 is 12.2. The summed E-state index contributed by atoms with van der Waals surface area (Å²) in [6.45, 7) is 5.44. The molecule has 0 unspecified atom stereocenters. The predicted octanol–water partition coefficient (Wildman–Crippen LogP) is 6.96. The standard InChI is InChI=1S/C28H24Cl2N4O2/c1-16(2)27(35)31-22-6-4-5-19(13-22)17(3)33-34-28(36)24-15-26(18-7-9-20(29)10-8-18)32-25-12-11-21(30)14-23(24)25/h4-16H,1-3H3,(H,31,35)(H,34,36). The van der Waals surface area contributed by atoms with Crippen LogP contribution in [-0.4, -0.2) is 22.5 Å². The maximum atomic E-state index is 13.3. The number of hydrazone groups is 1. The van der Waals surface area contributed by atoms with Crippen molar-refractivity contribution in [3.63, 3.8) is 0 Å². The SMILES string of the molecule is CC(=NNC(=O)c1cc(-c2ccc(Cl)cc2)nc2ccc(Cl)cc12)c1cccc(NC(=O)C(C)C)c1. The van der Waals surface area contributed by atoms with E-state index in [1.807, 2.05) is 44.2 Å². The molecule has 0 aliphatic carbocycles. The first-order valence-corrected chi connectivity index (χ1v) is 12.1. The van der Waals surface area contributed by atoms with E-state index >= 15 is 0 Å². The Morgan fingerprint density at radius 1 is 0.917 bits per heavy atom. The quantitative estimate of drug-likeness (QED) is 0.213. The highest BCUT2D eigenvalue weighted by molar-refractivity contribution is 6.31. The van der Waals surface area contributed by atoms with Crippen LogP contribution in [0.5, 0.6) is 0 Å². The number of benzene rings is 3. The van der Waals surface area contributed by atoms with Crippen LogP contribution < -0.4 is 10.7 Å². The second-order valence-corrected chi connectivity index (χ2v) is 9.46. The van der Waals surface area contributed by atoms with Crippen molar-refractivity contribution in [2.75, 3.05) is 5.32 Å². The molecule has 0 saturated carbocycles. The summed E-state index contributed by atoms with van der Waals surface area (Å²) in [5.74, 6) is -0.609. The molecule has 4 rings (SSSR count). The van der Waals surface area contributed by atoms with E-state index in [1.165, 1.54) is 0 Å². The van der Waals surface area contributed by atoms with Crippen molar-refractivity contribution >= 4 is 57.3 Å². The van der Waals surface area contributed by atoms with E-state index in [9.17, 15) is 9.59 Å². The third-order valence-electron chi connectivity index (χ3n) is 5.55. The fourth-order valence-electron chi connectivity index (χ4n) is 3.52. The zero-order valence-corrected chi connectivity index (χ0v) is 21.5. The Morgan fingerprint density at radius 2 is 1.64 bits per heavy atom. The van der Waals surface area contributed by atoms with Crippen LogP contribution in [0.1, 0.15) is 36.7 Å². The molecule has 3 aromatic carbocycles. The van der Waals surface area contributed by atoms with Gasteiger partial charge in [-0.1, -0.05) is 61.3 Å². The van der Waals surface area contributed by atoms with E-state index in [-0.39, 0.29) is 11.8 Å². The van der Waals surface area contributed by atoms with E-state index in [1.54, 1.807) is 49.4 Å². The van der Waals surface area contributed by atoms with E-state index in [0.29, 0.717) is 43.6 Å². The highest BCUT2D eigenvalue weighted by Crippen LogP contribution is 2.28. The average Bonchev–Trinajstić information content (AvgIpc) is 2.87. The Balaban J connectivity index is 1.64. The highest BCUT2D eigenvalue weighted by atomic mass is 35.5. The van der Waals surface area contributed by atoms with Gasteiger partial charge in [-0.2, -0.15) is 5.10 Å². The Kier molecular flexibility index (Phi) is 7.67. The molecule has 0 radical (unpaired) electrons. The van der Waals surface area contributed by atoms with Crippen LogP contribution in [0.15, 0.2) is 77.9 Å². The maximum absolute atomic E-state index is 13.3. The molecule has 0 bridgehead atoms. The van der Waals surface area contributed by atoms with E-state index in [0.717, 1.165) is 11.1 Å². The van der Waals surface area contributed by atoms with Crippen molar-refractivity contribution in [1.29, 1.82) is 0 Å². The Morgan fingerprint density at radius 3 is 2.36 bits per heavy atom. The number of carbonyl (C=O) groups is 2. The minimum atomic E-state index is -0.400. The average molecular weight is 519 g/mol. The van der Waals surface area contributed by atoms with Gasteiger partial charge in [0.1, 0.15) is 0 Å². The van der Waals surface area contributed by atoms with Gasteiger partial charge in [-0.15, -0.1) is 0 Å². The van der Waals surface area contributed by atoms with Crippen LogP contribution in [0, 0.1) is 5.92 Å². The predicted molar refractivity (Wildman–Crippen MR) is 147 cm³/mol.